The summed E-state index contributed by atoms with van der Waals surface area (Å²) in [5, 5.41) is 20.1. The van der Waals surface area contributed by atoms with Gasteiger partial charge in [-0.1, -0.05) is 27.2 Å². The number of carbonyl (C=O) groups is 1. The Bertz CT molecular complexity index is 1240. The maximum absolute atomic E-state index is 13.4. The number of likely N-dealkylation sites (tertiary alicyclic amines) is 1. The molecule has 2 unspecified atom stereocenters. The molecule has 9 nitrogen and oxygen atoms in total. The van der Waals surface area contributed by atoms with Crippen molar-refractivity contribution in [3.05, 3.63) is 39.7 Å². The van der Waals surface area contributed by atoms with Crippen LogP contribution in [0.2, 0.25) is 0 Å². The first-order valence-corrected chi connectivity index (χ1v) is 12.1. The molecule has 5 atom stereocenters. The lowest BCUT2D eigenvalue weighted by Crippen LogP contribution is -2.44. The van der Waals surface area contributed by atoms with Crippen LogP contribution in [0.15, 0.2) is 17.1 Å². The fourth-order valence-electron chi connectivity index (χ4n) is 6.12. The summed E-state index contributed by atoms with van der Waals surface area (Å²) in [5.41, 5.74) is 1.41. The molecule has 0 radical (unpaired) electrons. The van der Waals surface area contributed by atoms with Crippen molar-refractivity contribution >= 4 is 6.09 Å². The van der Waals surface area contributed by atoms with Crippen molar-refractivity contribution in [1.29, 1.82) is 5.26 Å². The van der Waals surface area contributed by atoms with Crippen LogP contribution in [0.1, 0.15) is 75.5 Å². The molecule has 1 saturated heterocycles. The number of imidazole rings is 1. The molecule has 34 heavy (non-hydrogen) atoms. The Kier molecular flexibility index (Phi) is 5.42. The first kappa shape index (κ1) is 22.5. The van der Waals surface area contributed by atoms with E-state index in [1.165, 1.54) is 15.3 Å². The number of amides is 1. The van der Waals surface area contributed by atoms with Crippen LogP contribution in [0.5, 0.6) is 5.88 Å². The van der Waals surface area contributed by atoms with Gasteiger partial charge < -0.3 is 9.84 Å². The lowest BCUT2D eigenvalue weighted by Gasteiger charge is -2.38. The Balaban J connectivity index is 1.42. The summed E-state index contributed by atoms with van der Waals surface area (Å²) < 4.78 is 8.78. The van der Waals surface area contributed by atoms with Crippen LogP contribution in [0.25, 0.3) is 5.69 Å². The predicted octanol–water partition coefficient (Wildman–Crippen LogP) is 3.82. The monoisotopic (exact) mass is 465 g/mol. The normalized spacial score (nSPS) is 27.6. The molecule has 2 aliphatic heterocycles. The Morgan fingerprint density at radius 2 is 2.09 bits per heavy atom. The van der Waals surface area contributed by atoms with Gasteiger partial charge in [0.2, 0.25) is 5.88 Å². The van der Waals surface area contributed by atoms with Gasteiger partial charge in [-0.3, -0.25) is 9.47 Å². The number of rotatable bonds is 3. The lowest BCUT2D eigenvalue weighted by atomic mass is 9.75. The third kappa shape index (κ3) is 3.39. The minimum Gasteiger partial charge on any atom is -0.493 e. The summed E-state index contributed by atoms with van der Waals surface area (Å²) in [6.45, 7) is 8.71. The Morgan fingerprint density at radius 1 is 1.32 bits per heavy atom. The van der Waals surface area contributed by atoms with E-state index in [1.807, 2.05) is 6.07 Å². The molecular formula is C25H31N5O4. The van der Waals surface area contributed by atoms with Gasteiger partial charge in [0.25, 0.3) is 0 Å². The highest BCUT2D eigenvalue weighted by molar-refractivity contribution is 5.69. The molecule has 2 bridgehead atoms. The van der Waals surface area contributed by atoms with Crippen molar-refractivity contribution in [3.8, 4) is 17.6 Å². The van der Waals surface area contributed by atoms with Gasteiger partial charge in [0.15, 0.2) is 0 Å². The molecule has 0 spiro atoms. The first-order chi connectivity index (χ1) is 16.2. The summed E-state index contributed by atoms with van der Waals surface area (Å²) in [7, 11) is 0. The van der Waals surface area contributed by atoms with Gasteiger partial charge in [-0.15, -0.1) is 0 Å². The van der Waals surface area contributed by atoms with Gasteiger partial charge >= 0.3 is 11.8 Å². The lowest BCUT2D eigenvalue weighted by molar-refractivity contribution is -0.0166. The van der Waals surface area contributed by atoms with Crippen LogP contribution in [0.4, 0.5) is 4.79 Å². The minimum atomic E-state index is -0.474. The summed E-state index contributed by atoms with van der Waals surface area (Å²) in [4.78, 5) is 32.4. The van der Waals surface area contributed by atoms with Crippen molar-refractivity contribution in [1.82, 2.24) is 19.0 Å². The molecule has 2 fully saturated rings. The van der Waals surface area contributed by atoms with E-state index in [-0.39, 0.29) is 29.7 Å². The maximum atomic E-state index is 13.4. The van der Waals surface area contributed by atoms with Gasteiger partial charge in [0, 0.05) is 12.5 Å². The molecule has 1 amide bonds. The molecule has 5 rings (SSSR count). The Morgan fingerprint density at radius 3 is 2.76 bits per heavy atom. The van der Waals surface area contributed by atoms with E-state index in [9.17, 15) is 14.7 Å². The number of nitriles is 1. The third-order valence-corrected chi connectivity index (χ3v) is 7.93. The molecule has 4 heterocycles. The molecule has 9 heteroatoms. The van der Waals surface area contributed by atoms with E-state index in [4.69, 9.17) is 10.00 Å². The summed E-state index contributed by atoms with van der Waals surface area (Å²) in [5.74, 6) is 1.04. The number of aryl methyl sites for hydroxylation is 1. The van der Waals surface area contributed by atoms with Crippen molar-refractivity contribution in [2.24, 2.45) is 17.8 Å². The van der Waals surface area contributed by atoms with Gasteiger partial charge in [0.1, 0.15) is 24.0 Å². The van der Waals surface area contributed by atoms with E-state index in [0.717, 1.165) is 19.3 Å². The Labute approximate surface area is 198 Å². The van der Waals surface area contributed by atoms with Crippen LogP contribution in [-0.2, 0) is 4.74 Å². The zero-order valence-electron chi connectivity index (χ0n) is 20.1. The first-order valence-electron chi connectivity index (χ1n) is 12.1. The number of hydrogen-bond acceptors (Lipinski definition) is 6. The van der Waals surface area contributed by atoms with Crippen LogP contribution < -0.4 is 5.69 Å². The van der Waals surface area contributed by atoms with Gasteiger partial charge in [0.05, 0.1) is 17.6 Å². The van der Waals surface area contributed by atoms with Crippen LogP contribution >= 0.6 is 0 Å². The molecule has 180 valence electrons. The average molecular weight is 466 g/mol. The number of fused-ring (bicyclic) bond motifs is 5. The maximum Gasteiger partial charge on any atom is 0.411 e. The van der Waals surface area contributed by atoms with E-state index < -0.39 is 11.9 Å². The fourth-order valence-corrected chi connectivity index (χ4v) is 6.12. The van der Waals surface area contributed by atoms with Crippen molar-refractivity contribution in [3.63, 3.8) is 0 Å². The number of aromatic hydroxyl groups is 1. The van der Waals surface area contributed by atoms with E-state index in [2.05, 4.69) is 25.8 Å². The third-order valence-electron chi connectivity index (χ3n) is 7.93. The number of hydrogen-bond donors (Lipinski definition) is 1. The zero-order chi connectivity index (χ0) is 24.3. The second-order valence-electron chi connectivity index (χ2n) is 10.5. The number of aromatic nitrogens is 3. The van der Waals surface area contributed by atoms with Gasteiger partial charge in [-0.25, -0.2) is 19.1 Å². The topological polar surface area (TPSA) is 113 Å². The van der Waals surface area contributed by atoms with E-state index in [1.54, 1.807) is 17.9 Å². The molecule has 2 aromatic rings. The number of nitrogens with zero attached hydrogens (tertiary/aromatic N) is 5. The smallest absolute Gasteiger partial charge is 0.411 e. The molecule has 1 saturated carbocycles. The molecular weight excluding hydrogens is 434 g/mol. The van der Waals surface area contributed by atoms with Crippen molar-refractivity contribution in [2.75, 3.05) is 6.54 Å². The number of pyridine rings is 1. The Hall–Kier alpha value is -3.28. The van der Waals surface area contributed by atoms with E-state index >= 15 is 0 Å². The van der Waals surface area contributed by atoms with Crippen LogP contribution in [0, 0.1) is 36.0 Å². The van der Waals surface area contributed by atoms with Crippen molar-refractivity contribution in [2.45, 2.75) is 71.6 Å². The summed E-state index contributed by atoms with van der Waals surface area (Å²) in [6, 6.07) is 3.67. The number of carbonyl (C=O) groups excluding carboxylic acids is 1. The summed E-state index contributed by atoms with van der Waals surface area (Å²) >= 11 is 0. The molecule has 1 aliphatic carbocycles. The summed E-state index contributed by atoms with van der Waals surface area (Å²) in [6.07, 6.45) is 4.11. The van der Waals surface area contributed by atoms with Crippen molar-refractivity contribution < 1.29 is 14.6 Å². The highest BCUT2D eigenvalue weighted by Gasteiger charge is 2.50. The largest absolute Gasteiger partial charge is 0.493 e. The predicted molar refractivity (Wildman–Crippen MR) is 124 cm³/mol. The minimum absolute atomic E-state index is 0.114. The zero-order valence-corrected chi connectivity index (χ0v) is 20.1. The fraction of sp³-hybridized carbons (Fsp3) is 0.600. The SMILES string of the molecule is Cc1cc(-n2c(O)c3n(c2=O)C2CC3CN2C(=O)O[C@H]2C[C@@H](C)CC[C@@H]2C(C)C)cnc1C#N. The van der Waals surface area contributed by atoms with Crippen LogP contribution in [0.3, 0.4) is 0 Å². The molecule has 3 aliphatic rings. The highest BCUT2D eigenvalue weighted by Crippen LogP contribution is 2.49. The second kappa shape index (κ2) is 8.19. The van der Waals surface area contributed by atoms with E-state index in [0.29, 0.717) is 47.7 Å². The molecule has 1 N–H and O–H groups in total. The van der Waals surface area contributed by atoms with Gasteiger partial charge in [-0.05, 0) is 55.6 Å². The standard InChI is InChI=1S/C25H31N5O4/c1-13(2)18-6-5-14(3)7-20(18)34-25(33)28-12-16-9-21(28)30-22(16)23(31)29(24(30)32)17-8-15(4)19(10-26)27-11-17/h8,11,13-14,16,18,20-21,31H,5-7,9,12H2,1-4H3/t14-,16?,18+,20-,21?/m0/s1. The molecule has 2 aromatic heterocycles. The number of ether oxygens (including phenoxy) is 1. The quantitative estimate of drug-likeness (QED) is 0.737. The molecule has 0 aromatic carbocycles. The highest BCUT2D eigenvalue weighted by atomic mass is 16.6. The van der Waals surface area contributed by atoms with Crippen LogP contribution in [-0.4, -0.2) is 42.9 Å². The van der Waals surface area contributed by atoms with Gasteiger partial charge in [-0.2, -0.15) is 5.26 Å². The average Bonchev–Trinajstić information content (AvgIpc) is 3.45. The second-order valence-corrected chi connectivity index (χ2v) is 10.5.